The summed E-state index contributed by atoms with van der Waals surface area (Å²) in [6, 6.07) is 16.0. The van der Waals surface area contributed by atoms with Crippen LogP contribution in [0.2, 0.25) is 0 Å². The van der Waals surface area contributed by atoms with Crippen molar-refractivity contribution in [3.05, 3.63) is 71.5 Å². The fraction of sp³-hybridized carbons (Fsp3) is 0.391. The monoisotopic (exact) mass is 382 g/mol. The average molecular weight is 382 g/mol. The highest BCUT2D eigenvalue weighted by molar-refractivity contribution is 5.81. The molecule has 2 aromatic carbocycles. The lowest BCUT2D eigenvalue weighted by Gasteiger charge is -2.28. The van der Waals surface area contributed by atoms with Gasteiger partial charge in [-0.2, -0.15) is 0 Å². The first-order valence-electron chi connectivity index (χ1n) is 9.90. The van der Waals surface area contributed by atoms with Crippen molar-refractivity contribution in [1.82, 2.24) is 10.6 Å². The lowest BCUT2D eigenvalue weighted by molar-refractivity contribution is -0.131. The van der Waals surface area contributed by atoms with Crippen LogP contribution in [-0.2, 0) is 16.1 Å². The maximum Gasteiger partial charge on any atom is 0.223 e. The first-order chi connectivity index (χ1) is 13.5. The molecule has 1 fully saturated rings. The van der Waals surface area contributed by atoms with E-state index in [1.807, 2.05) is 37.3 Å². The number of hydrogen-bond acceptors (Lipinski definition) is 2. The molecule has 0 aromatic heterocycles. The molecule has 2 N–H and O–H groups in total. The Hall–Kier alpha value is -2.69. The average Bonchev–Trinajstić information content (AvgIpc) is 2.73. The van der Waals surface area contributed by atoms with Crippen LogP contribution in [0.5, 0.6) is 0 Å². The minimum Gasteiger partial charge on any atom is -0.352 e. The molecule has 0 saturated heterocycles. The molecule has 1 aliphatic rings. The van der Waals surface area contributed by atoms with E-state index in [0.29, 0.717) is 19.4 Å². The van der Waals surface area contributed by atoms with Crippen LogP contribution in [0.3, 0.4) is 0 Å². The zero-order valence-electron chi connectivity index (χ0n) is 16.2. The van der Waals surface area contributed by atoms with Gasteiger partial charge in [0.05, 0.1) is 6.04 Å². The molecule has 4 nitrogen and oxygen atoms in total. The van der Waals surface area contributed by atoms with E-state index < -0.39 is 0 Å². The van der Waals surface area contributed by atoms with E-state index in [4.69, 9.17) is 0 Å². The van der Waals surface area contributed by atoms with Gasteiger partial charge in [0.2, 0.25) is 11.8 Å². The van der Waals surface area contributed by atoms with Crippen LogP contribution in [0.25, 0.3) is 0 Å². The zero-order chi connectivity index (χ0) is 19.9. The molecule has 148 valence electrons. The Morgan fingerprint density at radius 3 is 2.11 bits per heavy atom. The normalized spacial score (nSPS) is 20.2. The van der Waals surface area contributed by atoms with E-state index in [1.54, 1.807) is 12.1 Å². The van der Waals surface area contributed by atoms with Crippen LogP contribution in [0.1, 0.15) is 49.8 Å². The first-order valence-corrected chi connectivity index (χ1v) is 9.90. The summed E-state index contributed by atoms with van der Waals surface area (Å²) in [5, 5.41) is 6.01. The SMILES string of the molecule is CC(NC(=O)C1CCC(C(=O)NCc2ccc(F)cc2)CC1)c1ccccc1. The van der Waals surface area contributed by atoms with E-state index in [0.717, 1.165) is 24.0 Å². The summed E-state index contributed by atoms with van der Waals surface area (Å²) in [4.78, 5) is 24.9. The van der Waals surface area contributed by atoms with Crippen LogP contribution in [-0.4, -0.2) is 11.8 Å². The number of carbonyl (C=O) groups is 2. The third-order valence-electron chi connectivity index (χ3n) is 5.51. The van der Waals surface area contributed by atoms with Gasteiger partial charge < -0.3 is 10.6 Å². The summed E-state index contributed by atoms with van der Waals surface area (Å²) >= 11 is 0. The molecule has 1 saturated carbocycles. The highest BCUT2D eigenvalue weighted by Gasteiger charge is 2.30. The maximum absolute atomic E-state index is 12.9. The molecule has 3 rings (SSSR count). The fourth-order valence-electron chi connectivity index (χ4n) is 3.71. The zero-order valence-corrected chi connectivity index (χ0v) is 16.2. The smallest absolute Gasteiger partial charge is 0.223 e. The van der Waals surface area contributed by atoms with Crippen molar-refractivity contribution in [3.63, 3.8) is 0 Å². The van der Waals surface area contributed by atoms with Gasteiger partial charge in [0.25, 0.3) is 0 Å². The summed E-state index contributed by atoms with van der Waals surface area (Å²) in [5.41, 5.74) is 1.96. The standard InChI is InChI=1S/C23H27FN2O2/c1-16(18-5-3-2-4-6-18)26-23(28)20-11-9-19(10-12-20)22(27)25-15-17-7-13-21(24)14-8-17/h2-8,13-14,16,19-20H,9-12,15H2,1H3,(H,25,27)(H,26,28). The van der Waals surface area contributed by atoms with E-state index >= 15 is 0 Å². The maximum atomic E-state index is 12.9. The number of benzene rings is 2. The Bertz CT molecular complexity index is 784. The minimum atomic E-state index is -0.284. The predicted molar refractivity (Wildman–Crippen MR) is 107 cm³/mol. The molecule has 1 unspecified atom stereocenters. The third kappa shape index (κ3) is 5.41. The van der Waals surface area contributed by atoms with Crippen LogP contribution in [0.4, 0.5) is 4.39 Å². The number of rotatable bonds is 6. The van der Waals surface area contributed by atoms with Gasteiger partial charge in [0.1, 0.15) is 5.82 Å². The molecule has 2 amide bonds. The molecule has 2 aromatic rings. The Morgan fingerprint density at radius 1 is 0.929 bits per heavy atom. The van der Waals surface area contributed by atoms with Crippen LogP contribution in [0, 0.1) is 17.7 Å². The molecule has 1 atom stereocenters. The van der Waals surface area contributed by atoms with Gasteiger partial charge in [0.15, 0.2) is 0 Å². The van der Waals surface area contributed by atoms with E-state index in [2.05, 4.69) is 10.6 Å². The van der Waals surface area contributed by atoms with Gasteiger partial charge in [0, 0.05) is 18.4 Å². The highest BCUT2D eigenvalue weighted by atomic mass is 19.1. The molecule has 0 heterocycles. The molecule has 0 bridgehead atoms. The third-order valence-corrected chi connectivity index (χ3v) is 5.51. The molecular formula is C23H27FN2O2. The topological polar surface area (TPSA) is 58.2 Å². The largest absolute Gasteiger partial charge is 0.352 e. The lowest BCUT2D eigenvalue weighted by Crippen LogP contribution is -2.38. The number of hydrogen-bond donors (Lipinski definition) is 2. The Balaban J connectivity index is 1.42. The van der Waals surface area contributed by atoms with Crippen LogP contribution < -0.4 is 10.6 Å². The fourth-order valence-corrected chi connectivity index (χ4v) is 3.71. The van der Waals surface area contributed by atoms with E-state index in [-0.39, 0.29) is 35.5 Å². The summed E-state index contributed by atoms with van der Waals surface area (Å²) in [7, 11) is 0. The van der Waals surface area contributed by atoms with Gasteiger partial charge in [-0.1, -0.05) is 42.5 Å². The van der Waals surface area contributed by atoms with Crippen molar-refractivity contribution in [2.45, 2.75) is 45.2 Å². The van der Waals surface area contributed by atoms with Crippen molar-refractivity contribution in [1.29, 1.82) is 0 Å². The number of amides is 2. The van der Waals surface area contributed by atoms with Gasteiger partial charge >= 0.3 is 0 Å². The van der Waals surface area contributed by atoms with E-state index in [1.165, 1.54) is 12.1 Å². The Labute approximate surface area is 165 Å². The van der Waals surface area contributed by atoms with Crippen molar-refractivity contribution in [2.75, 3.05) is 0 Å². The number of carbonyl (C=O) groups excluding carboxylic acids is 2. The first kappa shape index (κ1) is 20.1. The molecule has 0 aliphatic heterocycles. The van der Waals surface area contributed by atoms with Gasteiger partial charge in [-0.25, -0.2) is 4.39 Å². The predicted octanol–water partition coefficient (Wildman–Crippen LogP) is 4.13. The lowest BCUT2D eigenvalue weighted by atomic mass is 9.81. The molecule has 28 heavy (non-hydrogen) atoms. The quantitative estimate of drug-likeness (QED) is 0.789. The second-order valence-corrected chi connectivity index (χ2v) is 7.53. The summed E-state index contributed by atoms with van der Waals surface area (Å²) in [6.45, 7) is 2.38. The number of halogens is 1. The van der Waals surface area contributed by atoms with Gasteiger partial charge in [-0.05, 0) is 55.9 Å². The Morgan fingerprint density at radius 2 is 1.50 bits per heavy atom. The summed E-state index contributed by atoms with van der Waals surface area (Å²) in [5.74, 6) is -0.293. The van der Waals surface area contributed by atoms with Crippen molar-refractivity contribution >= 4 is 11.8 Å². The minimum absolute atomic E-state index is 0.0147. The molecule has 5 heteroatoms. The Kier molecular flexibility index (Phi) is 6.80. The number of nitrogens with one attached hydrogen (secondary N) is 2. The summed E-state index contributed by atoms with van der Waals surface area (Å²) in [6.07, 6.45) is 2.88. The van der Waals surface area contributed by atoms with Crippen molar-refractivity contribution in [2.24, 2.45) is 11.8 Å². The molecular weight excluding hydrogens is 355 g/mol. The van der Waals surface area contributed by atoms with Crippen molar-refractivity contribution < 1.29 is 14.0 Å². The van der Waals surface area contributed by atoms with Crippen LogP contribution in [0.15, 0.2) is 54.6 Å². The van der Waals surface area contributed by atoms with Crippen LogP contribution >= 0.6 is 0 Å². The van der Waals surface area contributed by atoms with Gasteiger partial charge in [-0.3, -0.25) is 9.59 Å². The molecule has 0 radical (unpaired) electrons. The van der Waals surface area contributed by atoms with Gasteiger partial charge in [-0.15, -0.1) is 0 Å². The summed E-state index contributed by atoms with van der Waals surface area (Å²) < 4.78 is 12.9. The highest BCUT2D eigenvalue weighted by Crippen LogP contribution is 2.29. The molecule has 0 spiro atoms. The van der Waals surface area contributed by atoms with Crippen molar-refractivity contribution in [3.8, 4) is 0 Å². The second kappa shape index (κ2) is 9.49. The van der Waals surface area contributed by atoms with E-state index in [9.17, 15) is 14.0 Å². The second-order valence-electron chi connectivity index (χ2n) is 7.53. The molecule has 1 aliphatic carbocycles.